The maximum absolute atomic E-state index is 13.6. The van der Waals surface area contributed by atoms with E-state index in [2.05, 4.69) is 6.58 Å². The van der Waals surface area contributed by atoms with Gasteiger partial charge in [-0.15, -0.1) is 6.58 Å². The number of phenolic OH excluding ortho intramolecular Hbond substituents is 2. The van der Waals surface area contributed by atoms with Gasteiger partial charge in [0.25, 0.3) is 0 Å². The number of carbonyl (C=O) groups is 2. The van der Waals surface area contributed by atoms with Gasteiger partial charge in [0.05, 0.1) is 17.7 Å². The van der Waals surface area contributed by atoms with Crippen molar-refractivity contribution < 1.29 is 29.6 Å². The summed E-state index contributed by atoms with van der Waals surface area (Å²) in [7, 11) is 0. The summed E-state index contributed by atoms with van der Waals surface area (Å²) in [6.45, 7) is 10.6. The number of aliphatic hydroxyl groups excluding tert-OH is 1. The zero-order valence-corrected chi connectivity index (χ0v) is 18.3. The molecule has 0 unspecified atom stereocenters. The summed E-state index contributed by atoms with van der Waals surface area (Å²) in [5.41, 5.74) is -0.722. The minimum atomic E-state index is -1.21. The normalized spacial score (nSPS) is 26.2. The fourth-order valence-electron chi connectivity index (χ4n) is 5.23. The first-order valence-corrected chi connectivity index (χ1v) is 10.5. The summed E-state index contributed by atoms with van der Waals surface area (Å²) in [5, 5.41) is 31.5. The third-order valence-electron chi connectivity index (χ3n) is 7.14. The number of Topliss-reactive ketones (excluding diaryl/α,β-unsaturated/α-hetero) is 2. The van der Waals surface area contributed by atoms with Gasteiger partial charge in [-0.1, -0.05) is 17.7 Å². The Morgan fingerprint density at radius 3 is 2.58 bits per heavy atom. The highest BCUT2D eigenvalue weighted by Crippen LogP contribution is 2.52. The Hall–Kier alpha value is -2.86. The number of allylic oxidation sites excluding steroid dienone is 4. The van der Waals surface area contributed by atoms with Crippen LogP contribution in [-0.4, -0.2) is 39.1 Å². The fraction of sp³-hybridized carbons (Fsp3) is 0.440. The van der Waals surface area contributed by atoms with E-state index in [1.807, 2.05) is 26.8 Å². The molecular weight excluding hydrogens is 396 g/mol. The molecule has 0 spiro atoms. The number of benzene rings is 1. The number of phenols is 2. The van der Waals surface area contributed by atoms with Gasteiger partial charge in [-0.05, 0) is 46.6 Å². The third-order valence-corrected chi connectivity index (χ3v) is 7.14. The van der Waals surface area contributed by atoms with Crippen molar-refractivity contribution in [1.29, 1.82) is 0 Å². The van der Waals surface area contributed by atoms with Crippen LogP contribution in [0.15, 0.2) is 41.7 Å². The molecule has 0 fully saturated rings. The Morgan fingerprint density at radius 2 is 1.97 bits per heavy atom. The standard InChI is InChI=1S/C25H28O6/c1-6-25(5,11-26)19-16(27)10-14-17(21(19)29)22(30)23-18(20(14)28)13-9-12(2)7-8-15(13)24(3,4)31-23/h6,9-10,13,15,26-27,29H,1,7-8,11H2,2-5H3/t13-,15+,25-/m1/s1. The SMILES string of the molecule is C=C[C@](C)(CO)c1c(O)cc2c(c1O)C(=O)C1=C(C2=O)[C@@H]2C=C(C)CC[C@@H]2C(C)(C)O1. The van der Waals surface area contributed by atoms with E-state index in [9.17, 15) is 24.9 Å². The Bertz CT molecular complexity index is 1090. The van der Waals surface area contributed by atoms with E-state index in [1.54, 1.807) is 6.92 Å². The number of aliphatic hydroxyl groups is 1. The van der Waals surface area contributed by atoms with Crippen LogP contribution in [0.5, 0.6) is 11.5 Å². The number of fused-ring (bicyclic) bond motifs is 3. The van der Waals surface area contributed by atoms with Gasteiger partial charge in [-0.3, -0.25) is 9.59 Å². The van der Waals surface area contributed by atoms with Gasteiger partial charge in [0.15, 0.2) is 11.5 Å². The summed E-state index contributed by atoms with van der Waals surface area (Å²) in [4.78, 5) is 27.1. The number of ketones is 2. The van der Waals surface area contributed by atoms with Crippen LogP contribution in [-0.2, 0) is 10.2 Å². The van der Waals surface area contributed by atoms with Crippen molar-refractivity contribution in [1.82, 2.24) is 0 Å². The maximum Gasteiger partial charge on any atom is 0.232 e. The van der Waals surface area contributed by atoms with Gasteiger partial charge < -0.3 is 20.1 Å². The van der Waals surface area contributed by atoms with Crippen molar-refractivity contribution in [3.63, 3.8) is 0 Å². The average Bonchev–Trinajstić information content (AvgIpc) is 2.70. The lowest BCUT2D eigenvalue weighted by Crippen LogP contribution is -2.48. The van der Waals surface area contributed by atoms with Gasteiger partial charge >= 0.3 is 0 Å². The molecular formula is C25H28O6. The Labute approximate surface area is 181 Å². The van der Waals surface area contributed by atoms with Crippen LogP contribution in [0, 0.1) is 11.8 Å². The third kappa shape index (κ3) is 2.88. The Balaban J connectivity index is 1.97. The van der Waals surface area contributed by atoms with Crippen LogP contribution in [0.4, 0.5) is 0 Å². The Morgan fingerprint density at radius 1 is 1.29 bits per heavy atom. The highest BCUT2D eigenvalue weighted by molar-refractivity contribution is 6.28. The molecule has 6 heteroatoms. The molecule has 0 saturated carbocycles. The molecule has 164 valence electrons. The lowest BCUT2D eigenvalue weighted by molar-refractivity contribution is -0.0493. The monoisotopic (exact) mass is 424 g/mol. The topological polar surface area (TPSA) is 104 Å². The molecule has 0 amide bonds. The van der Waals surface area contributed by atoms with Crippen LogP contribution in [0.1, 0.15) is 66.8 Å². The van der Waals surface area contributed by atoms with Gasteiger partial charge in [-0.2, -0.15) is 0 Å². The van der Waals surface area contributed by atoms with Crippen LogP contribution in [0.3, 0.4) is 0 Å². The predicted octanol–water partition coefficient (Wildman–Crippen LogP) is 3.95. The summed E-state index contributed by atoms with van der Waals surface area (Å²) in [5.74, 6) is -2.19. The lowest BCUT2D eigenvalue weighted by Gasteiger charge is -2.47. The van der Waals surface area contributed by atoms with E-state index in [4.69, 9.17) is 4.74 Å². The number of rotatable bonds is 3. The second kappa shape index (κ2) is 6.82. The molecule has 0 saturated heterocycles. The van der Waals surface area contributed by atoms with E-state index in [0.29, 0.717) is 5.57 Å². The fourth-order valence-corrected chi connectivity index (χ4v) is 5.23. The lowest BCUT2D eigenvalue weighted by atomic mass is 9.65. The van der Waals surface area contributed by atoms with E-state index in [-0.39, 0.29) is 40.0 Å². The summed E-state index contributed by atoms with van der Waals surface area (Å²) >= 11 is 0. The smallest absolute Gasteiger partial charge is 0.232 e. The minimum absolute atomic E-state index is 0.0353. The average molecular weight is 424 g/mol. The van der Waals surface area contributed by atoms with Gasteiger partial charge in [0.2, 0.25) is 5.78 Å². The predicted molar refractivity (Wildman–Crippen MR) is 115 cm³/mol. The zero-order valence-electron chi connectivity index (χ0n) is 18.3. The van der Waals surface area contributed by atoms with E-state index >= 15 is 0 Å². The molecule has 1 heterocycles. The van der Waals surface area contributed by atoms with Crippen LogP contribution in [0.25, 0.3) is 0 Å². The number of ether oxygens (including phenoxy) is 1. The number of aromatic hydroxyl groups is 2. The Kier molecular flexibility index (Phi) is 4.70. The molecule has 0 bridgehead atoms. The molecule has 31 heavy (non-hydrogen) atoms. The van der Waals surface area contributed by atoms with Crippen LogP contribution < -0.4 is 0 Å². The molecule has 4 rings (SSSR count). The van der Waals surface area contributed by atoms with Crippen molar-refractivity contribution in [2.45, 2.75) is 51.6 Å². The van der Waals surface area contributed by atoms with Crippen LogP contribution in [0.2, 0.25) is 0 Å². The van der Waals surface area contributed by atoms with Crippen molar-refractivity contribution in [3.8, 4) is 11.5 Å². The molecule has 1 aromatic rings. The highest BCUT2D eigenvalue weighted by atomic mass is 16.5. The van der Waals surface area contributed by atoms with Crippen molar-refractivity contribution in [3.05, 3.63) is 58.4 Å². The van der Waals surface area contributed by atoms with Crippen molar-refractivity contribution in [2.24, 2.45) is 11.8 Å². The van der Waals surface area contributed by atoms with Gasteiger partial charge in [-0.25, -0.2) is 0 Å². The molecule has 3 atom stereocenters. The van der Waals surface area contributed by atoms with E-state index in [0.717, 1.165) is 18.4 Å². The molecule has 1 aliphatic heterocycles. The molecule has 0 aromatic heterocycles. The number of hydrogen-bond donors (Lipinski definition) is 3. The second-order valence-corrected chi connectivity index (χ2v) is 9.61. The van der Waals surface area contributed by atoms with Crippen molar-refractivity contribution in [2.75, 3.05) is 6.61 Å². The second-order valence-electron chi connectivity index (χ2n) is 9.61. The highest BCUT2D eigenvalue weighted by Gasteiger charge is 2.52. The molecule has 3 aliphatic rings. The first-order chi connectivity index (χ1) is 14.5. The van der Waals surface area contributed by atoms with E-state index in [1.165, 1.54) is 12.1 Å². The maximum atomic E-state index is 13.6. The summed E-state index contributed by atoms with van der Waals surface area (Å²) in [6.07, 6.45) is 5.17. The largest absolute Gasteiger partial charge is 0.507 e. The molecule has 6 nitrogen and oxygen atoms in total. The summed E-state index contributed by atoms with van der Waals surface area (Å²) < 4.78 is 6.12. The first kappa shape index (κ1) is 21.4. The quantitative estimate of drug-likeness (QED) is 0.635. The molecule has 1 aromatic carbocycles. The van der Waals surface area contributed by atoms with E-state index < -0.39 is 34.9 Å². The van der Waals surface area contributed by atoms with Crippen molar-refractivity contribution >= 4 is 11.6 Å². The number of carbonyl (C=O) groups excluding carboxylic acids is 2. The first-order valence-electron chi connectivity index (χ1n) is 10.5. The van der Waals surface area contributed by atoms with Gasteiger partial charge in [0, 0.05) is 28.4 Å². The minimum Gasteiger partial charge on any atom is -0.507 e. The molecule has 2 aliphatic carbocycles. The number of hydrogen-bond acceptors (Lipinski definition) is 6. The molecule has 0 radical (unpaired) electrons. The van der Waals surface area contributed by atoms with Gasteiger partial charge in [0.1, 0.15) is 17.1 Å². The van der Waals surface area contributed by atoms with Crippen LogP contribution >= 0.6 is 0 Å². The summed E-state index contributed by atoms with van der Waals surface area (Å²) in [6, 6.07) is 1.21. The molecule has 3 N–H and O–H groups in total. The zero-order chi connectivity index (χ0) is 22.9.